The van der Waals surface area contributed by atoms with E-state index in [1.165, 1.54) is 18.7 Å². The van der Waals surface area contributed by atoms with Crippen LogP contribution in [0.15, 0.2) is 11.4 Å². The molecule has 0 spiro atoms. The maximum absolute atomic E-state index is 12.0. The standard InChI is InChI=1S/C15H19N5O5S/c1-15(24)10(23)7(5-21)25-13(15)20-4-6-9-11(16-3-8(22)17-6)18-14(26-2)19-12(9)20/h4,7,10,13,21,23-24H,3,5H2,1-2H3,(H,17,22)(H,16,18,19)/t7-,10-,13?,15+/m1/s1. The summed E-state index contributed by atoms with van der Waals surface area (Å²) in [5.41, 5.74) is -0.734. The van der Waals surface area contributed by atoms with Crippen LogP contribution in [0.5, 0.6) is 0 Å². The minimum Gasteiger partial charge on any atom is -0.394 e. The molecular weight excluding hydrogens is 362 g/mol. The van der Waals surface area contributed by atoms with Crippen molar-refractivity contribution in [2.75, 3.05) is 30.0 Å². The summed E-state index contributed by atoms with van der Waals surface area (Å²) in [7, 11) is 0. The van der Waals surface area contributed by atoms with E-state index in [1.807, 2.05) is 6.26 Å². The minimum absolute atomic E-state index is 0.0809. The molecule has 0 aliphatic carbocycles. The van der Waals surface area contributed by atoms with Gasteiger partial charge in [0.1, 0.15) is 23.6 Å². The lowest BCUT2D eigenvalue weighted by Crippen LogP contribution is -2.44. The Bertz CT molecular complexity index is 885. The number of ether oxygens (including phenoxy) is 1. The Labute approximate surface area is 152 Å². The maximum Gasteiger partial charge on any atom is 0.243 e. The van der Waals surface area contributed by atoms with E-state index in [-0.39, 0.29) is 12.5 Å². The molecule has 0 bridgehead atoms. The SMILES string of the molecule is CSc1nc2c3c(cn(C4O[C@H](CO)[C@@H](O)[C@]4(C)O)c3n1)NC(=O)CN2. The van der Waals surface area contributed by atoms with Crippen LogP contribution in [-0.2, 0) is 9.53 Å². The summed E-state index contributed by atoms with van der Waals surface area (Å²) in [5, 5.41) is 37.3. The van der Waals surface area contributed by atoms with E-state index in [4.69, 9.17) is 4.74 Å². The van der Waals surface area contributed by atoms with E-state index in [1.54, 1.807) is 10.8 Å². The quantitative estimate of drug-likeness (QED) is 0.352. The normalized spacial score (nSPS) is 31.0. The van der Waals surface area contributed by atoms with Crippen molar-refractivity contribution in [2.45, 2.75) is 36.1 Å². The third-order valence-corrected chi connectivity index (χ3v) is 5.26. The van der Waals surface area contributed by atoms with Crippen LogP contribution >= 0.6 is 11.8 Å². The molecule has 2 aliphatic heterocycles. The summed E-state index contributed by atoms with van der Waals surface area (Å²) < 4.78 is 7.25. The lowest BCUT2D eigenvalue weighted by Gasteiger charge is -2.27. The zero-order valence-electron chi connectivity index (χ0n) is 14.1. The summed E-state index contributed by atoms with van der Waals surface area (Å²) in [6.45, 7) is 1.08. The molecule has 4 rings (SSSR count). The van der Waals surface area contributed by atoms with Crippen LogP contribution in [0.3, 0.4) is 0 Å². The van der Waals surface area contributed by atoms with Gasteiger partial charge in [0, 0.05) is 6.20 Å². The highest BCUT2D eigenvalue weighted by molar-refractivity contribution is 7.98. The highest BCUT2D eigenvalue weighted by Crippen LogP contribution is 2.43. The molecule has 140 valence electrons. The van der Waals surface area contributed by atoms with Crippen molar-refractivity contribution in [1.82, 2.24) is 14.5 Å². The van der Waals surface area contributed by atoms with Crippen molar-refractivity contribution in [2.24, 2.45) is 0 Å². The number of thioether (sulfide) groups is 1. The number of amides is 1. The molecule has 2 aliphatic rings. The molecular formula is C15H19N5O5S. The molecule has 2 aromatic heterocycles. The zero-order chi connectivity index (χ0) is 18.6. The molecule has 0 saturated carbocycles. The molecule has 0 radical (unpaired) electrons. The number of anilines is 2. The first-order valence-electron chi connectivity index (χ1n) is 8.04. The van der Waals surface area contributed by atoms with Crippen LogP contribution in [0.25, 0.3) is 11.0 Å². The average molecular weight is 381 g/mol. The predicted octanol–water partition coefficient (Wildman–Crippen LogP) is -0.481. The summed E-state index contributed by atoms with van der Waals surface area (Å²) in [6.07, 6.45) is 0.220. The molecule has 5 N–H and O–H groups in total. The molecule has 1 fully saturated rings. The summed E-state index contributed by atoms with van der Waals surface area (Å²) in [5.74, 6) is 0.267. The first-order valence-corrected chi connectivity index (χ1v) is 9.26. The number of carbonyl (C=O) groups excluding carboxylic acids is 1. The zero-order valence-corrected chi connectivity index (χ0v) is 14.9. The molecule has 4 heterocycles. The smallest absolute Gasteiger partial charge is 0.243 e. The second kappa shape index (κ2) is 6.06. The fourth-order valence-corrected chi connectivity index (χ4v) is 3.73. The van der Waals surface area contributed by atoms with Gasteiger partial charge >= 0.3 is 0 Å². The van der Waals surface area contributed by atoms with Crippen LogP contribution < -0.4 is 10.6 Å². The maximum atomic E-state index is 12.0. The molecule has 2 aromatic rings. The van der Waals surface area contributed by atoms with Gasteiger partial charge in [-0.1, -0.05) is 11.8 Å². The Hall–Kier alpha value is -1.92. The van der Waals surface area contributed by atoms with Crippen molar-refractivity contribution in [3.63, 3.8) is 0 Å². The van der Waals surface area contributed by atoms with Gasteiger partial charge in [0.25, 0.3) is 0 Å². The van der Waals surface area contributed by atoms with Crippen LogP contribution in [0.2, 0.25) is 0 Å². The highest BCUT2D eigenvalue weighted by atomic mass is 32.2. The molecule has 10 nitrogen and oxygen atoms in total. The van der Waals surface area contributed by atoms with Crippen molar-refractivity contribution >= 4 is 40.2 Å². The van der Waals surface area contributed by atoms with Gasteiger partial charge < -0.3 is 35.3 Å². The molecule has 1 unspecified atom stereocenters. The first-order chi connectivity index (χ1) is 12.4. The van der Waals surface area contributed by atoms with Gasteiger partial charge in [-0.3, -0.25) is 4.79 Å². The number of nitrogens with one attached hydrogen (secondary N) is 2. The van der Waals surface area contributed by atoms with Gasteiger partial charge in [0.2, 0.25) is 5.91 Å². The van der Waals surface area contributed by atoms with Crippen LogP contribution in [0.4, 0.5) is 11.5 Å². The molecule has 26 heavy (non-hydrogen) atoms. The van der Waals surface area contributed by atoms with Gasteiger partial charge in [-0.05, 0) is 13.2 Å². The minimum atomic E-state index is -1.66. The Balaban J connectivity index is 1.93. The average Bonchev–Trinajstić information content (AvgIpc) is 3.01. The first kappa shape index (κ1) is 17.5. The molecule has 4 atom stereocenters. The van der Waals surface area contributed by atoms with Crippen LogP contribution in [0.1, 0.15) is 13.2 Å². The van der Waals surface area contributed by atoms with Gasteiger partial charge in [-0.25, -0.2) is 9.97 Å². The Morgan fingerprint density at radius 2 is 2.27 bits per heavy atom. The van der Waals surface area contributed by atoms with E-state index in [0.29, 0.717) is 27.7 Å². The summed E-state index contributed by atoms with van der Waals surface area (Å²) >= 11 is 1.34. The van der Waals surface area contributed by atoms with Crippen molar-refractivity contribution in [3.8, 4) is 0 Å². The fourth-order valence-electron chi connectivity index (χ4n) is 3.37. The van der Waals surface area contributed by atoms with E-state index in [0.717, 1.165) is 0 Å². The number of aliphatic hydroxyl groups is 3. The number of carbonyl (C=O) groups is 1. The molecule has 0 aromatic carbocycles. The Kier molecular flexibility index (Phi) is 4.08. The van der Waals surface area contributed by atoms with Gasteiger partial charge in [-0.15, -0.1) is 0 Å². The number of aliphatic hydroxyl groups excluding tert-OH is 2. The summed E-state index contributed by atoms with van der Waals surface area (Å²) in [6, 6.07) is 0. The van der Waals surface area contributed by atoms with E-state index in [2.05, 4.69) is 20.6 Å². The third-order valence-electron chi connectivity index (χ3n) is 4.71. The lowest BCUT2D eigenvalue weighted by atomic mass is 9.96. The van der Waals surface area contributed by atoms with Gasteiger partial charge in [0.15, 0.2) is 17.0 Å². The summed E-state index contributed by atoms with van der Waals surface area (Å²) in [4.78, 5) is 20.9. The lowest BCUT2D eigenvalue weighted by molar-refractivity contribution is -0.114. The number of rotatable bonds is 3. The second-order valence-electron chi connectivity index (χ2n) is 6.49. The number of hydrogen-bond acceptors (Lipinski definition) is 9. The van der Waals surface area contributed by atoms with Crippen molar-refractivity contribution < 1.29 is 24.9 Å². The van der Waals surface area contributed by atoms with Crippen LogP contribution in [-0.4, -0.2) is 73.0 Å². The van der Waals surface area contributed by atoms with Gasteiger partial charge in [-0.2, -0.15) is 0 Å². The van der Waals surface area contributed by atoms with E-state index in [9.17, 15) is 20.1 Å². The van der Waals surface area contributed by atoms with Crippen molar-refractivity contribution in [1.29, 1.82) is 0 Å². The monoisotopic (exact) mass is 381 g/mol. The van der Waals surface area contributed by atoms with Crippen LogP contribution in [0, 0.1) is 0 Å². The largest absolute Gasteiger partial charge is 0.394 e. The Morgan fingerprint density at radius 3 is 2.92 bits per heavy atom. The predicted molar refractivity (Wildman–Crippen MR) is 94.1 cm³/mol. The van der Waals surface area contributed by atoms with Gasteiger partial charge in [0.05, 0.1) is 24.2 Å². The van der Waals surface area contributed by atoms with Crippen molar-refractivity contribution in [3.05, 3.63) is 6.20 Å². The number of nitrogens with zero attached hydrogens (tertiary/aromatic N) is 3. The third kappa shape index (κ3) is 2.47. The van der Waals surface area contributed by atoms with E-state index >= 15 is 0 Å². The highest BCUT2D eigenvalue weighted by Gasteiger charge is 2.53. The second-order valence-corrected chi connectivity index (χ2v) is 7.26. The van der Waals surface area contributed by atoms with E-state index < -0.39 is 30.6 Å². The topological polar surface area (TPSA) is 142 Å². The fraction of sp³-hybridized carbons (Fsp3) is 0.533. The molecule has 1 amide bonds. The number of aromatic nitrogens is 3. The molecule has 11 heteroatoms. The number of hydrogen-bond donors (Lipinski definition) is 5. The molecule has 1 saturated heterocycles. The Morgan fingerprint density at radius 1 is 1.50 bits per heavy atom.